The molecule has 0 aliphatic rings. The number of fused-ring (bicyclic) bond motifs is 1. The molecule has 0 N–H and O–H groups in total. The summed E-state index contributed by atoms with van der Waals surface area (Å²) in [7, 11) is 1.55. The maximum absolute atomic E-state index is 10.7. The number of aromatic carboxylic acids is 1. The average Bonchev–Trinajstić information content (AvgIpc) is 2.55. The summed E-state index contributed by atoms with van der Waals surface area (Å²) < 4.78 is 5.81. The van der Waals surface area contributed by atoms with Crippen LogP contribution in [0.5, 0.6) is 5.75 Å². The van der Waals surface area contributed by atoms with Crippen LogP contribution < -0.4 is 9.84 Å². The zero-order chi connectivity index (χ0) is 11.0. The van der Waals surface area contributed by atoms with Crippen molar-refractivity contribution < 1.29 is 14.6 Å². The lowest BCUT2D eigenvalue weighted by Crippen LogP contribution is -2.21. The third-order valence-corrected chi connectivity index (χ3v) is 3.66. The predicted octanol–water partition coefficient (Wildman–Crippen LogP) is 1.93. The molecule has 3 nitrogen and oxygen atoms in total. The highest BCUT2D eigenvalue weighted by atomic mass is 35.5. The van der Waals surface area contributed by atoms with Crippen LogP contribution in [-0.2, 0) is 0 Å². The summed E-state index contributed by atoms with van der Waals surface area (Å²) >= 11 is 6.98. The number of carbonyl (C=O) groups is 1. The Kier molecular flexibility index (Phi) is 2.54. The summed E-state index contributed by atoms with van der Waals surface area (Å²) in [4.78, 5) is 10.8. The topological polar surface area (TPSA) is 49.4 Å². The molecule has 0 amide bonds. The summed E-state index contributed by atoms with van der Waals surface area (Å²) in [5.74, 6) is -0.578. The molecular weight excluding hydrogens is 236 g/mol. The zero-order valence-corrected chi connectivity index (χ0v) is 9.32. The molecule has 5 heteroatoms. The van der Waals surface area contributed by atoms with Crippen LogP contribution >= 0.6 is 22.9 Å². The SMILES string of the molecule is COc1ccc2c(Cl)c(C(=O)[O-])sc2c1. The molecule has 1 heterocycles. The lowest BCUT2D eigenvalue weighted by atomic mass is 10.2. The second-order valence-electron chi connectivity index (χ2n) is 2.89. The fourth-order valence-electron chi connectivity index (χ4n) is 1.30. The number of carboxylic acids is 1. The van der Waals surface area contributed by atoms with Crippen LogP contribution in [0.25, 0.3) is 10.1 Å². The van der Waals surface area contributed by atoms with Crippen molar-refractivity contribution in [2.24, 2.45) is 0 Å². The van der Waals surface area contributed by atoms with Gasteiger partial charge in [-0.15, -0.1) is 11.3 Å². The summed E-state index contributed by atoms with van der Waals surface area (Å²) in [5, 5.41) is 11.7. The van der Waals surface area contributed by atoms with Crippen molar-refractivity contribution in [2.45, 2.75) is 0 Å². The Labute approximate surface area is 94.9 Å². The van der Waals surface area contributed by atoms with Gasteiger partial charge in [-0.3, -0.25) is 0 Å². The average molecular weight is 242 g/mol. The van der Waals surface area contributed by atoms with E-state index in [0.717, 1.165) is 16.0 Å². The summed E-state index contributed by atoms with van der Waals surface area (Å²) in [6.07, 6.45) is 0. The fourth-order valence-corrected chi connectivity index (χ4v) is 2.68. The van der Waals surface area contributed by atoms with Gasteiger partial charge in [0.2, 0.25) is 0 Å². The molecule has 1 aromatic heterocycles. The van der Waals surface area contributed by atoms with Gasteiger partial charge in [-0.05, 0) is 18.2 Å². The first kappa shape index (κ1) is 10.3. The minimum absolute atomic E-state index is 0.0555. The highest BCUT2D eigenvalue weighted by Crippen LogP contribution is 2.36. The third-order valence-electron chi connectivity index (χ3n) is 2.02. The van der Waals surface area contributed by atoms with Gasteiger partial charge in [0.25, 0.3) is 0 Å². The maximum atomic E-state index is 10.7. The number of benzene rings is 1. The largest absolute Gasteiger partial charge is 0.544 e. The maximum Gasteiger partial charge on any atom is 0.120 e. The Morgan fingerprint density at radius 1 is 1.53 bits per heavy atom. The number of rotatable bonds is 2. The minimum atomic E-state index is -1.25. The lowest BCUT2D eigenvalue weighted by molar-refractivity contribution is -0.254. The van der Waals surface area contributed by atoms with E-state index in [4.69, 9.17) is 16.3 Å². The Morgan fingerprint density at radius 2 is 2.27 bits per heavy atom. The normalized spacial score (nSPS) is 10.5. The van der Waals surface area contributed by atoms with Crippen LogP contribution in [0.15, 0.2) is 18.2 Å². The summed E-state index contributed by atoms with van der Waals surface area (Å²) in [6, 6.07) is 5.22. The Hall–Kier alpha value is -1.26. The van der Waals surface area contributed by atoms with Crippen molar-refractivity contribution in [3.63, 3.8) is 0 Å². The van der Waals surface area contributed by atoms with Crippen LogP contribution in [0.1, 0.15) is 9.67 Å². The van der Waals surface area contributed by atoms with E-state index in [-0.39, 0.29) is 9.90 Å². The van der Waals surface area contributed by atoms with Gasteiger partial charge in [0.15, 0.2) is 0 Å². The summed E-state index contributed by atoms with van der Waals surface area (Å²) in [5.41, 5.74) is 0. The van der Waals surface area contributed by atoms with E-state index in [1.165, 1.54) is 0 Å². The van der Waals surface area contributed by atoms with Gasteiger partial charge >= 0.3 is 0 Å². The lowest BCUT2D eigenvalue weighted by Gasteiger charge is -1.98. The number of thiophene rings is 1. The van der Waals surface area contributed by atoms with Gasteiger partial charge in [0.05, 0.1) is 23.0 Å². The van der Waals surface area contributed by atoms with Gasteiger partial charge in [-0.25, -0.2) is 0 Å². The molecule has 0 aliphatic heterocycles. The van der Waals surface area contributed by atoms with E-state index < -0.39 is 5.97 Å². The number of methoxy groups -OCH3 is 1. The van der Waals surface area contributed by atoms with Gasteiger partial charge in [-0.1, -0.05) is 11.6 Å². The first-order valence-electron chi connectivity index (χ1n) is 4.11. The molecule has 0 bridgehead atoms. The van der Waals surface area contributed by atoms with E-state index >= 15 is 0 Å². The third kappa shape index (κ3) is 1.66. The molecule has 0 spiro atoms. The zero-order valence-electron chi connectivity index (χ0n) is 7.74. The van der Waals surface area contributed by atoms with E-state index in [1.54, 1.807) is 25.3 Å². The van der Waals surface area contributed by atoms with Gasteiger partial charge in [0, 0.05) is 10.1 Å². The molecular formula is C10H6ClO3S-. The van der Waals surface area contributed by atoms with Gasteiger partial charge < -0.3 is 14.6 Å². The molecule has 0 saturated carbocycles. The number of ether oxygens (including phenoxy) is 1. The van der Waals surface area contributed by atoms with E-state index in [9.17, 15) is 9.90 Å². The second-order valence-corrected chi connectivity index (χ2v) is 4.32. The van der Waals surface area contributed by atoms with Crippen molar-refractivity contribution in [3.8, 4) is 5.75 Å². The Morgan fingerprint density at radius 3 is 2.87 bits per heavy atom. The number of halogens is 1. The first-order valence-corrected chi connectivity index (χ1v) is 5.30. The molecule has 0 atom stereocenters. The predicted molar refractivity (Wildman–Crippen MR) is 57.7 cm³/mol. The molecule has 2 aromatic rings. The summed E-state index contributed by atoms with van der Waals surface area (Å²) in [6.45, 7) is 0. The number of hydrogen-bond donors (Lipinski definition) is 0. The highest BCUT2D eigenvalue weighted by molar-refractivity contribution is 7.21. The molecule has 2 rings (SSSR count). The number of carboxylic acid groups (broad SMARTS) is 1. The van der Waals surface area contributed by atoms with E-state index in [2.05, 4.69) is 0 Å². The van der Waals surface area contributed by atoms with E-state index in [0.29, 0.717) is 11.1 Å². The van der Waals surface area contributed by atoms with Gasteiger partial charge in [-0.2, -0.15) is 0 Å². The molecule has 0 fully saturated rings. The van der Waals surface area contributed by atoms with Crippen molar-refractivity contribution >= 4 is 39.0 Å². The molecule has 78 valence electrons. The van der Waals surface area contributed by atoms with Crippen LogP contribution in [0.3, 0.4) is 0 Å². The van der Waals surface area contributed by atoms with Crippen molar-refractivity contribution in [1.29, 1.82) is 0 Å². The smallest absolute Gasteiger partial charge is 0.120 e. The van der Waals surface area contributed by atoms with Crippen LogP contribution in [0.2, 0.25) is 5.02 Å². The van der Waals surface area contributed by atoms with Crippen molar-refractivity contribution in [1.82, 2.24) is 0 Å². The molecule has 0 saturated heterocycles. The standard InChI is InChI=1S/C10H7ClO3S/c1-14-5-2-3-6-7(4-5)15-9(8(6)11)10(12)13/h2-4H,1H3,(H,12,13)/p-1. The van der Waals surface area contributed by atoms with Crippen LogP contribution in [0, 0.1) is 0 Å². The molecule has 0 aliphatic carbocycles. The molecule has 0 radical (unpaired) electrons. The molecule has 1 aromatic carbocycles. The quantitative estimate of drug-likeness (QED) is 0.807. The Balaban J connectivity index is 2.70. The molecule has 0 unspecified atom stereocenters. The fraction of sp³-hybridized carbons (Fsp3) is 0.100. The number of carbonyl (C=O) groups excluding carboxylic acids is 1. The minimum Gasteiger partial charge on any atom is -0.544 e. The second kappa shape index (κ2) is 3.72. The monoisotopic (exact) mass is 241 g/mol. The highest BCUT2D eigenvalue weighted by Gasteiger charge is 2.11. The Bertz CT molecular complexity index is 533. The van der Waals surface area contributed by atoms with Crippen LogP contribution in [0.4, 0.5) is 0 Å². The van der Waals surface area contributed by atoms with Crippen molar-refractivity contribution in [3.05, 3.63) is 28.1 Å². The number of hydrogen-bond acceptors (Lipinski definition) is 4. The van der Waals surface area contributed by atoms with E-state index in [1.807, 2.05) is 0 Å². The first-order chi connectivity index (χ1) is 7.13. The van der Waals surface area contributed by atoms with Crippen LogP contribution in [-0.4, -0.2) is 13.1 Å². The van der Waals surface area contributed by atoms with Gasteiger partial charge in [0.1, 0.15) is 5.75 Å². The van der Waals surface area contributed by atoms with Crippen molar-refractivity contribution in [2.75, 3.05) is 7.11 Å². The molecule has 15 heavy (non-hydrogen) atoms.